The van der Waals surface area contributed by atoms with E-state index in [9.17, 15) is 19.2 Å². The van der Waals surface area contributed by atoms with Gasteiger partial charge in [0.25, 0.3) is 0 Å². The molecular weight excluding hydrogens is 458 g/mol. The van der Waals surface area contributed by atoms with Crippen LogP contribution >= 0.6 is 11.6 Å². The lowest BCUT2D eigenvalue weighted by atomic mass is 9.75. The van der Waals surface area contributed by atoms with Crippen LogP contribution in [0.25, 0.3) is 0 Å². The zero-order valence-corrected chi connectivity index (χ0v) is 19.2. The molecule has 4 heterocycles. The predicted molar refractivity (Wildman–Crippen MR) is 123 cm³/mol. The molecule has 2 aromatic rings. The van der Waals surface area contributed by atoms with E-state index in [-0.39, 0.29) is 24.5 Å². The number of esters is 1. The molecule has 1 spiro atoms. The molecule has 3 saturated heterocycles. The monoisotopic (exact) mass is 479 g/mol. The highest BCUT2D eigenvalue weighted by Gasteiger charge is 2.74. The number of carbonyl (C=O) groups is 4. The molecule has 8 nitrogen and oxygen atoms in total. The van der Waals surface area contributed by atoms with Crippen LogP contribution in [0, 0.1) is 11.8 Å². The molecule has 0 bridgehead atoms. The van der Waals surface area contributed by atoms with Gasteiger partial charge >= 0.3 is 5.97 Å². The van der Waals surface area contributed by atoms with E-state index in [0.717, 1.165) is 12.8 Å². The summed E-state index contributed by atoms with van der Waals surface area (Å²) in [4.78, 5) is 56.5. The predicted octanol–water partition coefficient (Wildman–Crippen LogP) is 2.95. The zero-order chi connectivity index (χ0) is 23.8. The van der Waals surface area contributed by atoms with Crippen LogP contribution in [0.15, 0.2) is 42.5 Å². The van der Waals surface area contributed by atoms with Crippen molar-refractivity contribution in [2.75, 3.05) is 23.4 Å². The second-order valence-corrected chi connectivity index (χ2v) is 9.53. The molecule has 3 fully saturated rings. The molecule has 4 atom stereocenters. The first kappa shape index (κ1) is 21.3. The van der Waals surface area contributed by atoms with Gasteiger partial charge in [0.05, 0.1) is 29.7 Å². The van der Waals surface area contributed by atoms with Crippen molar-refractivity contribution in [3.8, 4) is 0 Å². The minimum Gasteiger partial charge on any atom is -0.462 e. The van der Waals surface area contributed by atoms with E-state index in [4.69, 9.17) is 16.3 Å². The summed E-state index contributed by atoms with van der Waals surface area (Å²) in [7, 11) is 0. The molecule has 0 unspecified atom stereocenters. The number of halogens is 1. The van der Waals surface area contributed by atoms with Gasteiger partial charge in [0, 0.05) is 22.3 Å². The Labute approximate surface area is 200 Å². The summed E-state index contributed by atoms with van der Waals surface area (Å²) in [6.45, 7) is 2.60. The first-order chi connectivity index (χ1) is 16.4. The average molecular weight is 480 g/mol. The lowest BCUT2D eigenvalue weighted by Gasteiger charge is -2.36. The SMILES string of the molecule is CCOC(=O)c1ccc(N2C(=O)[C@@H]3[C@@H]4CCCN4[C@]4(C(=O)Nc5ccc(Cl)cc54)[C@H]3C2=O)cc1. The molecule has 1 N–H and O–H groups in total. The summed E-state index contributed by atoms with van der Waals surface area (Å²) in [6.07, 6.45) is 1.58. The highest BCUT2D eigenvalue weighted by molar-refractivity contribution is 6.31. The minimum absolute atomic E-state index is 0.207. The summed E-state index contributed by atoms with van der Waals surface area (Å²) >= 11 is 6.31. The largest absolute Gasteiger partial charge is 0.462 e. The van der Waals surface area contributed by atoms with E-state index in [2.05, 4.69) is 10.2 Å². The molecule has 6 rings (SSSR count). The van der Waals surface area contributed by atoms with Crippen molar-refractivity contribution in [3.63, 3.8) is 0 Å². The second kappa shape index (κ2) is 7.38. The first-order valence-corrected chi connectivity index (χ1v) is 11.8. The van der Waals surface area contributed by atoms with Gasteiger partial charge in [-0.25, -0.2) is 9.69 Å². The molecule has 4 aliphatic rings. The van der Waals surface area contributed by atoms with E-state index in [1.807, 2.05) is 0 Å². The zero-order valence-electron chi connectivity index (χ0n) is 18.4. The first-order valence-electron chi connectivity index (χ1n) is 11.4. The second-order valence-electron chi connectivity index (χ2n) is 9.10. The van der Waals surface area contributed by atoms with Gasteiger partial charge in [-0.1, -0.05) is 11.6 Å². The summed E-state index contributed by atoms with van der Waals surface area (Å²) in [5.74, 6) is -2.95. The fraction of sp³-hybridized carbons (Fsp3) is 0.360. The number of imide groups is 1. The van der Waals surface area contributed by atoms with Crippen molar-refractivity contribution in [1.82, 2.24) is 4.90 Å². The molecule has 34 heavy (non-hydrogen) atoms. The number of nitrogens with one attached hydrogen (secondary N) is 1. The number of ether oxygens (including phenoxy) is 1. The summed E-state index contributed by atoms with van der Waals surface area (Å²) in [6, 6.07) is 11.2. The van der Waals surface area contributed by atoms with Gasteiger partial charge in [0.15, 0.2) is 0 Å². The van der Waals surface area contributed by atoms with Gasteiger partial charge < -0.3 is 10.1 Å². The average Bonchev–Trinajstić information content (AvgIpc) is 3.53. The lowest BCUT2D eigenvalue weighted by Crippen LogP contribution is -2.54. The molecule has 3 amide bonds. The maximum absolute atomic E-state index is 13.9. The lowest BCUT2D eigenvalue weighted by molar-refractivity contribution is -0.135. The Morgan fingerprint density at radius 1 is 1.15 bits per heavy atom. The molecule has 2 aromatic carbocycles. The van der Waals surface area contributed by atoms with Gasteiger partial charge in [-0.2, -0.15) is 0 Å². The van der Waals surface area contributed by atoms with E-state index >= 15 is 0 Å². The van der Waals surface area contributed by atoms with E-state index in [0.29, 0.717) is 34.1 Å². The quantitative estimate of drug-likeness (QED) is 0.537. The van der Waals surface area contributed by atoms with E-state index < -0.39 is 29.3 Å². The third-order valence-electron chi connectivity index (χ3n) is 7.59. The van der Waals surface area contributed by atoms with Crippen molar-refractivity contribution in [3.05, 3.63) is 58.6 Å². The Morgan fingerprint density at radius 2 is 1.91 bits per heavy atom. The molecule has 9 heteroatoms. The van der Waals surface area contributed by atoms with Crippen LogP contribution in [0.3, 0.4) is 0 Å². The Bertz CT molecular complexity index is 1260. The Kier molecular flexibility index (Phi) is 4.63. The van der Waals surface area contributed by atoms with E-state index in [1.54, 1.807) is 37.3 Å². The number of fused-ring (bicyclic) bond motifs is 7. The number of nitrogens with zero attached hydrogens (tertiary/aromatic N) is 2. The van der Waals surface area contributed by atoms with Crippen molar-refractivity contribution in [2.45, 2.75) is 31.3 Å². The Morgan fingerprint density at radius 3 is 2.65 bits per heavy atom. The summed E-state index contributed by atoms with van der Waals surface area (Å²) in [5.41, 5.74) is 0.727. The Balaban J connectivity index is 1.45. The smallest absolute Gasteiger partial charge is 0.338 e. The van der Waals surface area contributed by atoms with Crippen LogP contribution in [0.5, 0.6) is 0 Å². The number of hydrogen-bond acceptors (Lipinski definition) is 6. The van der Waals surface area contributed by atoms with Crippen molar-refractivity contribution in [1.29, 1.82) is 0 Å². The fourth-order valence-electron chi connectivity index (χ4n) is 6.39. The van der Waals surface area contributed by atoms with Gasteiger partial charge in [0.1, 0.15) is 5.54 Å². The van der Waals surface area contributed by atoms with Gasteiger partial charge in [-0.15, -0.1) is 0 Å². The molecule has 0 aromatic heterocycles. The van der Waals surface area contributed by atoms with Gasteiger partial charge in [-0.05, 0) is 68.8 Å². The Hall–Kier alpha value is -3.23. The van der Waals surface area contributed by atoms with Crippen LogP contribution in [0.2, 0.25) is 5.02 Å². The molecule has 4 aliphatic heterocycles. The third-order valence-corrected chi connectivity index (χ3v) is 7.83. The van der Waals surface area contributed by atoms with E-state index in [1.165, 1.54) is 17.0 Å². The van der Waals surface area contributed by atoms with Crippen LogP contribution in [0.1, 0.15) is 35.7 Å². The molecule has 174 valence electrons. The van der Waals surface area contributed by atoms with Crippen LogP contribution < -0.4 is 10.2 Å². The highest BCUT2D eigenvalue weighted by atomic mass is 35.5. The topological polar surface area (TPSA) is 96.0 Å². The maximum Gasteiger partial charge on any atom is 0.338 e. The van der Waals surface area contributed by atoms with Gasteiger partial charge in [0.2, 0.25) is 17.7 Å². The number of hydrogen-bond donors (Lipinski definition) is 1. The molecule has 0 aliphatic carbocycles. The molecule has 0 radical (unpaired) electrons. The summed E-state index contributed by atoms with van der Waals surface area (Å²) < 4.78 is 5.01. The number of anilines is 2. The standard InChI is InChI=1S/C25H22ClN3O5/c1-2-34-23(32)13-5-8-15(9-6-13)29-21(30)19-18-4-3-11-28(18)25(20(19)22(29)31)16-12-14(26)7-10-17(16)27-24(25)33/h5-10,12,18-20H,2-4,11H2,1H3,(H,27,33)/t18-,19+,20+,25-/m0/s1. The van der Waals surface area contributed by atoms with Crippen LogP contribution in [-0.4, -0.2) is 47.8 Å². The maximum atomic E-state index is 13.9. The molecule has 0 saturated carbocycles. The van der Waals surface area contributed by atoms with Crippen LogP contribution in [0.4, 0.5) is 11.4 Å². The molecular formula is C25H22ClN3O5. The van der Waals surface area contributed by atoms with Crippen molar-refractivity contribution in [2.24, 2.45) is 11.8 Å². The van der Waals surface area contributed by atoms with Crippen molar-refractivity contribution >= 4 is 46.7 Å². The van der Waals surface area contributed by atoms with Crippen molar-refractivity contribution < 1.29 is 23.9 Å². The number of amides is 3. The number of carbonyl (C=O) groups excluding carboxylic acids is 4. The number of benzene rings is 2. The fourth-order valence-corrected chi connectivity index (χ4v) is 6.56. The highest BCUT2D eigenvalue weighted by Crippen LogP contribution is 2.60. The normalized spacial score (nSPS) is 29.4. The van der Waals surface area contributed by atoms with Crippen LogP contribution in [-0.2, 0) is 24.7 Å². The summed E-state index contributed by atoms with van der Waals surface area (Å²) in [5, 5.41) is 3.40. The third kappa shape index (κ3) is 2.58. The van der Waals surface area contributed by atoms with Gasteiger partial charge in [-0.3, -0.25) is 19.3 Å². The number of rotatable bonds is 3. The minimum atomic E-state index is -1.27.